The number of thiazole rings is 1. The number of aryl methyl sites for hydroxylation is 1. The number of aromatic nitrogens is 1. The number of ether oxygens (including phenoxy) is 1. The zero-order valence-electron chi connectivity index (χ0n) is 11.7. The quantitative estimate of drug-likeness (QED) is 0.906. The molecule has 3 rings (SSSR count). The van der Waals surface area contributed by atoms with Crippen LogP contribution in [0.1, 0.15) is 38.1 Å². The van der Waals surface area contributed by atoms with Gasteiger partial charge in [-0.3, -0.25) is 0 Å². The van der Waals surface area contributed by atoms with Crippen molar-refractivity contribution in [2.45, 2.75) is 52.2 Å². The minimum Gasteiger partial charge on any atom is -0.488 e. The predicted molar refractivity (Wildman–Crippen MR) is 80.0 cm³/mol. The summed E-state index contributed by atoms with van der Waals surface area (Å²) in [6, 6.07) is 5.94. The zero-order valence-corrected chi connectivity index (χ0v) is 12.5. The number of fused-ring (bicyclic) bond motifs is 1. The van der Waals surface area contributed by atoms with E-state index in [0.29, 0.717) is 0 Å². The SMILES string of the molecule is CC.Cc1nc2ccc(OC3CCCC3O)cc2s1. The van der Waals surface area contributed by atoms with Crippen LogP contribution in [0.2, 0.25) is 0 Å². The first-order valence-corrected chi connectivity index (χ1v) is 7.76. The summed E-state index contributed by atoms with van der Waals surface area (Å²) in [5.74, 6) is 0.840. The van der Waals surface area contributed by atoms with Gasteiger partial charge in [0.25, 0.3) is 0 Å². The van der Waals surface area contributed by atoms with Gasteiger partial charge in [-0.15, -0.1) is 11.3 Å². The van der Waals surface area contributed by atoms with Gasteiger partial charge in [0.1, 0.15) is 11.9 Å². The summed E-state index contributed by atoms with van der Waals surface area (Å²) in [6.45, 7) is 6.01. The highest BCUT2D eigenvalue weighted by molar-refractivity contribution is 7.18. The summed E-state index contributed by atoms with van der Waals surface area (Å²) >= 11 is 1.67. The van der Waals surface area contributed by atoms with Crippen LogP contribution >= 0.6 is 11.3 Å². The molecule has 1 heterocycles. The Labute approximate surface area is 118 Å². The van der Waals surface area contributed by atoms with E-state index in [1.165, 1.54) is 0 Å². The fourth-order valence-electron chi connectivity index (χ4n) is 2.31. The van der Waals surface area contributed by atoms with Gasteiger partial charge in [0.15, 0.2) is 0 Å². The fourth-order valence-corrected chi connectivity index (χ4v) is 3.17. The third-order valence-corrected chi connectivity index (χ3v) is 4.11. The van der Waals surface area contributed by atoms with Crippen molar-refractivity contribution < 1.29 is 9.84 Å². The minimum atomic E-state index is -0.311. The van der Waals surface area contributed by atoms with Crippen LogP contribution in [0, 0.1) is 6.92 Å². The molecule has 3 nitrogen and oxygen atoms in total. The van der Waals surface area contributed by atoms with Gasteiger partial charge in [-0.2, -0.15) is 0 Å². The van der Waals surface area contributed by atoms with Crippen LogP contribution < -0.4 is 4.74 Å². The van der Waals surface area contributed by atoms with Crippen molar-refractivity contribution >= 4 is 21.6 Å². The summed E-state index contributed by atoms with van der Waals surface area (Å²) in [6.07, 6.45) is 2.50. The number of nitrogens with zero attached hydrogens (tertiary/aromatic N) is 1. The Morgan fingerprint density at radius 1 is 1.32 bits per heavy atom. The van der Waals surface area contributed by atoms with Crippen LogP contribution in [0.15, 0.2) is 18.2 Å². The highest BCUT2D eigenvalue weighted by Crippen LogP contribution is 2.29. The summed E-state index contributed by atoms with van der Waals surface area (Å²) in [4.78, 5) is 4.41. The van der Waals surface area contributed by atoms with Crippen molar-refractivity contribution in [1.82, 2.24) is 4.98 Å². The lowest BCUT2D eigenvalue weighted by molar-refractivity contribution is 0.0605. The van der Waals surface area contributed by atoms with Crippen molar-refractivity contribution in [2.75, 3.05) is 0 Å². The topological polar surface area (TPSA) is 42.4 Å². The first-order valence-electron chi connectivity index (χ1n) is 6.94. The monoisotopic (exact) mass is 279 g/mol. The number of aliphatic hydroxyl groups is 1. The molecule has 0 saturated heterocycles. The summed E-state index contributed by atoms with van der Waals surface area (Å²) < 4.78 is 6.98. The number of hydrogen-bond acceptors (Lipinski definition) is 4. The van der Waals surface area contributed by atoms with Gasteiger partial charge in [0.2, 0.25) is 0 Å². The molecule has 1 aliphatic rings. The molecular weight excluding hydrogens is 258 g/mol. The molecule has 2 atom stereocenters. The van der Waals surface area contributed by atoms with E-state index in [1.54, 1.807) is 11.3 Å². The van der Waals surface area contributed by atoms with Crippen molar-refractivity contribution in [1.29, 1.82) is 0 Å². The van der Waals surface area contributed by atoms with Crippen LogP contribution in [-0.4, -0.2) is 22.3 Å². The number of hydrogen-bond donors (Lipinski definition) is 1. The molecule has 1 aromatic carbocycles. The molecule has 4 heteroatoms. The van der Waals surface area contributed by atoms with Gasteiger partial charge < -0.3 is 9.84 Å². The lowest BCUT2D eigenvalue weighted by atomic mass is 10.2. The standard InChI is InChI=1S/C13H15NO2S.C2H6/c1-8-14-10-6-5-9(7-13(10)17-8)16-12-4-2-3-11(12)15;1-2/h5-7,11-12,15H,2-4H2,1H3;1-2H3. The highest BCUT2D eigenvalue weighted by atomic mass is 32.1. The van der Waals surface area contributed by atoms with Gasteiger partial charge in [-0.25, -0.2) is 4.98 Å². The predicted octanol–water partition coefficient (Wildman–Crippen LogP) is 3.92. The average Bonchev–Trinajstić information content (AvgIpc) is 2.97. The maximum absolute atomic E-state index is 9.73. The van der Waals surface area contributed by atoms with Gasteiger partial charge in [-0.05, 0) is 44.4 Å². The molecule has 1 aromatic heterocycles. The maximum Gasteiger partial charge on any atom is 0.124 e. The van der Waals surface area contributed by atoms with E-state index in [4.69, 9.17) is 4.74 Å². The van der Waals surface area contributed by atoms with Crippen LogP contribution in [0.3, 0.4) is 0 Å². The summed E-state index contributed by atoms with van der Waals surface area (Å²) in [5, 5.41) is 10.8. The molecular formula is C15H21NO2S. The Bertz CT molecular complexity index is 538. The second-order valence-electron chi connectivity index (χ2n) is 4.52. The summed E-state index contributed by atoms with van der Waals surface area (Å²) in [5.41, 5.74) is 1.02. The van der Waals surface area contributed by atoms with E-state index >= 15 is 0 Å². The Morgan fingerprint density at radius 2 is 2.11 bits per heavy atom. The van der Waals surface area contributed by atoms with Crippen LogP contribution in [-0.2, 0) is 0 Å². The Hall–Kier alpha value is -1.13. The van der Waals surface area contributed by atoms with E-state index in [1.807, 2.05) is 39.0 Å². The van der Waals surface area contributed by atoms with E-state index < -0.39 is 0 Å². The third kappa shape index (κ3) is 3.25. The molecule has 104 valence electrons. The number of rotatable bonds is 2. The van der Waals surface area contributed by atoms with E-state index in [9.17, 15) is 5.11 Å². The van der Waals surface area contributed by atoms with E-state index in [0.717, 1.165) is 40.2 Å². The molecule has 1 saturated carbocycles. The zero-order chi connectivity index (χ0) is 13.8. The minimum absolute atomic E-state index is 0.0403. The molecule has 0 radical (unpaired) electrons. The normalized spacial score (nSPS) is 22.1. The molecule has 19 heavy (non-hydrogen) atoms. The molecule has 0 amide bonds. The van der Waals surface area contributed by atoms with Crippen LogP contribution in [0.4, 0.5) is 0 Å². The van der Waals surface area contributed by atoms with Crippen LogP contribution in [0.5, 0.6) is 5.75 Å². The number of aliphatic hydroxyl groups excluding tert-OH is 1. The third-order valence-electron chi connectivity index (χ3n) is 3.17. The van der Waals surface area contributed by atoms with Crippen molar-refractivity contribution in [3.05, 3.63) is 23.2 Å². The second kappa shape index (κ2) is 6.35. The first kappa shape index (κ1) is 14.3. The van der Waals surface area contributed by atoms with Gasteiger partial charge in [-0.1, -0.05) is 13.8 Å². The molecule has 0 spiro atoms. The molecule has 0 bridgehead atoms. The smallest absolute Gasteiger partial charge is 0.124 e. The Balaban J connectivity index is 0.000000637. The lowest BCUT2D eigenvalue weighted by Crippen LogP contribution is -2.25. The summed E-state index contributed by atoms with van der Waals surface area (Å²) in [7, 11) is 0. The Morgan fingerprint density at radius 3 is 2.79 bits per heavy atom. The molecule has 1 N–H and O–H groups in total. The molecule has 0 aliphatic heterocycles. The molecule has 1 fully saturated rings. The average molecular weight is 279 g/mol. The van der Waals surface area contributed by atoms with Gasteiger partial charge in [0, 0.05) is 0 Å². The largest absolute Gasteiger partial charge is 0.488 e. The van der Waals surface area contributed by atoms with Gasteiger partial charge >= 0.3 is 0 Å². The molecule has 2 aromatic rings. The van der Waals surface area contributed by atoms with Gasteiger partial charge in [0.05, 0.1) is 21.3 Å². The number of benzene rings is 1. The van der Waals surface area contributed by atoms with Crippen molar-refractivity contribution in [3.63, 3.8) is 0 Å². The molecule has 2 unspecified atom stereocenters. The van der Waals surface area contributed by atoms with E-state index in [2.05, 4.69) is 4.98 Å². The van der Waals surface area contributed by atoms with Crippen molar-refractivity contribution in [2.24, 2.45) is 0 Å². The Kier molecular flexibility index (Phi) is 4.77. The lowest BCUT2D eigenvalue weighted by Gasteiger charge is -2.16. The first-order chi connectivity index (χ1) is 9.22. The maximum atomic E-state index is 9.73. The highest BCUT2D eigenvalue weighted by Gasteiger charge is 2.26. The molecule has 1 aliphatic carbocycles. The van der Waals surface area contributed by atoms with E-state index in [-0.39, 0.29) is 12.2 Å². The fraction of sp³-hybridized carbons (Fsp3) is 0.533. The second-order valence-corrected chi connectivity index (χ2v) is 5.75. The van der Waals surface area contributed by atoms with Crippen LogP contribution in [0.25, 0.3) is 10.2 Å². The van der Waals surface area contributed by atoms with Crippen molar-refractivity contribution in [3.8, 4) is 5.75 Å².